The first kappa shape index (κ1) is 16.8. The number of hydrogen-bond donors (Lipinski definition) is 3. The minimum absolute atomic E-state index is 0.284. The van der Waals surface area contributed by atoms with Crippen molar-refractivity contribution in [3.8, 4) is 0 Å². The molecule has 0 aromatic rings. The van der Waals surface area contributed by atoms with E-state index in [0.29, 0.717) is 6.54 Å². The first-order valence-corrected chi connectivity index (χ1v) is 6.77. The molecule has 5 unspecified atom stereocenters. The van der Waals surface area contributed by atoms with Gasteiger partial charge in [-0.05, 0) is 27.7 Å². The second-order valence-corrected chi connectivity index (χ2v) is 5.63. The molecule has 19 heavy (non-hydrogen) atoms. The number of ether oxygens (including phenoxy) is 2. The molecule has 0 spiro atoms. The van der Waals surface area contributed by atoms with Crippen LogP contribution in [0.25, 0.3) is 0 Å². The zero-order valence-electron chi connectivity index (χ0n) is 12.4. The van der Waals surface area contributed by atoms with Crippen molar-refractivity contribution in [1.82, 2.24) is 4.90 Å². The van der Waals surface area contributed by atoms with Crippen LogP contribution >= 0.6 is 0 Å². The average molecular weight is 277 g/mol. The summed E-state index contributed by atoms with van der Waals surface area (Å²) in [7, 11) is 1.43. The van der Waals surface area contributed by atoms with Crippen LogP contribution in [0.5, 0.6) is 0 Å². The van der Waals surface area contributed by atoms with Crippen LogP contribution in [-0.2, 0) is 9.47 Å². The van der Waals surface area contributed by atoms with Gasteiger partial charge in [-0.3, -0.25) is 4.90 Å². The number of rotatable bonds is 6. The van der Waals surface area contributed by atoms with Crippen molar-refractivity contribution in [3.63, 3.8) is 0 Å². The standard InChI is InChI=1S/C13H27NO5/c1-7(2)14(8(3)4)6-9(15)11-12(18-5)10(16)13(17)19-11/h7-13,15-17H,6H2,1-5H3. The molecule has 0 saturated carbocycles. The Balaban J connectivity index is 2.69. The van der Waals surface area contributed by atoms with Gasteiger partial charge < -0.3 is 24.8 Å². The molecule has 0 radical (unpaired) electrons. The van der Waals surface area contributed by atoms with Crippen molar-refractivity contribution >= 4 is 0 Å². The maximum absolute atomic E-state index is 10.3. The molecular weight excluding hydrogens is 250 g/mol. The van der Waals surface area contributed by atoms with E-state index in [0.717, 1.165) is 0 Å². The third-order valence-corrected chi connectivity index (χ3v) is 3.62. The number of aliphatic hydroxyl groups is 3. The lowest BCUT2D eigenvalue weighted by Gasteiger charge is -2.34. The molecule has 3 N–H and O–H groups in total. The van der Waals surface area contributed by atoms with Crippen molar-refractivity contribution < 1.29 is 24.8 Å². The maximum Gasteiger partial charge on any atom is 0.184 e. The smallest absolute Gasteiger partial charge is 0.184 e. The van der Waals surface area contributed by atoms with Gasteiger partial charge in [0.25, 0.3) is 0 Å². The molecule has 1 aliphatic rings. The minimum Gasteiger partial charge on any atom is -0.389 e. The largest absolute Gasteiger partial charge is 0.389 e. The summed E-state index contributed by atoms with van der Waals surface area (Å²) in [5.41, 5.74) is 0. The van der Waals surface area contributed by atoms with Crippen LogP contribution in [0.1, 0.15) is 27.7 Å². The molecule has 0 bridgehead atoms. The second-order valence-electron chi connectivity index (χ2n) is 5.63. The Kier molecular flexibility index (Phi) is 6.16. The highest BCUT2D eigenvalue weighted by molar-refractivity contribution is 4.92. The SMILES string of the molecule is COC1C(O)C(O)OC1C(O)CN(C(C)C)C(C)C. The van der Waals surface area contributed by atoms with Crippen LogP contribution in [0.3, 0.4) is 0 Å². The third-order valence-electron chi connectivity index (χ3n) is 3.62. The summed E-state index contributed by atoms with van der Waals surface area (Å²) in [4.78, 5) is 2.12. The lowest BCUT2D eigenvalue weighted by molar-refractivity contribution is -0.149. The van der Waals surface area contributed by atoms with Crippen LogP contribution in [0.2, 0.25) is 0 Å². The molecular formula is C13H27NO5. The molecule has 1 aliphatic heterocycles. The summed E-state index contributed by atoms with van der Waals surface area (Å²) in [6, 6.07) is 0.568. The van der Waals surface area contributed by atoms with Gasteiger partial charge >= 0.3 is 0 Å². The van der Waals surface area contributed by atoms with E-state index in [9.17, 15) is 15.3 Å². The topological polar surface area (TPSA) is 82.4 Å². The molecule has 0 amide bonds. The third kappa shape index (κ3) is 3.87. The van der Waals surface area contributed by atoms with Gasteiger partial charge in [0.05, 0.1) is 6.10 Å². The van der Waals surface area contributed by atoms with Gasteiger partial charge in [-0.25, -0.2) is 0 Å². The normalized spacial score (nSPS) is 33.6. The van der Waals surface area contributed by atoms with Crippen LogP contribution in [0, 0.1) is 0 Å². The highest BCUT2D eigenvalue weighted by atomic mass is 16.7. The van der Waals surface area contributed by atoms with E-state index in [1.807, 2.05) is 0 Å². The van der Waals surface area contributed by atoms with Crippen LogP contribution < -0.4 is 0 Å². The molecule has 0 aromatic carbocycles. The quantitative estimate of drug-likeness (QED) is 0.610. The molecule has 114 valence electrons. The number of aliphatic hydroxyl groups excluding tert-OH is 3. The van der Waals surface area contributed by atoms with Gasteiger partial charge in [-0.1, -0.05) is 0 Å². The fourth-order valence-corrected chi connectivity index (χ4v) is 2.60. The summed E-state index contributed by atoms with van der Waals surface area (Å²) < 4.78 is 10.3. The summed E-state index contributed by atoms with van der Waals surface area (Å²) in [6.45, 7) is 8.62. The predicted octanol–water partition coefficient (Wildman–Crippen LogP) is -0.441. The van der Waals surface area contributed by atoms with Crippen molar-refractivity contribution in [2.75, 3.05) is 13.7 Å². The van der Waals surface area contributed by atoms with Gasteiger partial charge in [0.1, 0.15) is 18.3 Å². The molecule has 6 heteroatoms. The van der Waals surface area contributed by atoms with E-state index >= 15 is 0 Å². The average Bonchev–Trinajstić information content (AvgIpc) is 2.61. The highest BCUT2D eigenvalue weighted by Gasteiger charge is 2.46. The van der Waals surface area contributed by atoms with Gasteiger partial charge in [0.2, 0.25) is 0 Å². The Bertz CT molecular complexity index is 266. The van der Waals surface area contributed by atoms with E-state index in [-0.39, 0.29) is 12.1 Å². The number of hydrogen-bond acceptors (Lipinski definition) is 6. The molecule has 0 aromatic heterocycles. The predicted molar refractivity (Wildman–Crippen MR) is 70.7 cm³/mol. The van der Waals surface area contributed by atoms with E-state index in [1.165, 1.54) is 7.11 Å². The van der Waals surface area contributed by atoms with Crippen LogP contribution in [-0.4, -0.2) is 76.7 Å². The van der Waals surface area contributed by atoms with Crippen molar-refractivity contribution in [1.29, 1.82) is 0 Å². The Morgan fingerprint density at radius 2 is 1.68 bits per heavy atom. The fraction of sp³-hybridized carbons (Fsp3) is 1.00. The Labute approximate surface area is 114 Å². The van der Waals surface area contributed by atoms with Gasteiger partial charge in [-0.2, -0.15) is 0 Å². The lowest BCUT2D eigenvalue weighted by atomic mass is 10.0. The lowest BCUT2D eigenvalue weighted by Crippen LogP contribution is -2.49. The molecule has 0 aliphatic carbocycles. The molecule has 1 fully saturated rings. The zero-order chi connectivity index (χ0) is 14.7. The Morgan fingerprint density at radius 3 is 2.11 bits per heavy atom. The van der Waals surface area contributed by atoms with E-state index < -0.39 is 30.7 Å². The fourth-order valence-electron chi connectivity index (χ4n) is 2.60. The van der Waals surface area contributed by atoms with E-state index in [4.69, 9.17) is 9.47 Å². The second kappa shape index (κ2) is 6.97. The molecule has 1 saturated heterocycles. The monoisotopic (exact) mass is 277 g/mol. The van der Waals surface area contributed by atoms with Crippen molar-refractivity contribution in [3.05, 3.63) is 0 Å². The van der Waals surface area contributed by atoms with Gasteiger partial charge in [0, 0.05) is 25.7 Å². The summed E-state index contributed by atoms with van der Waals surface area (Å²) in [6.07, 6.45) is -4.71. The highest BCUT2D eigenvalue weighted by Crippen LogP contribution is 2.25. The van der Waals surface area contributed by atoms with E-state index in [2.05, 4.69) is 32.6 Å². The summed E-state index contributed by atoms with van der Waals surface area (Å²) >= 11 is 0. The van der Waals surface area contributed by atoms with E-state index in [1.54, 1.807) is 0 Å². The maximum atomic E-state index is 10.3. The Hall–Kier alpha value is -0.240. The van der Waals surface area contributed by atoms with Crippen molar-refractivity contribution in [2.24, 2.45) is 0 Å². The van der Waals surface area contributed by atoms with Gasteiger partial charge in [-0.15, -0.1) is 0 Å². The molecule has 5 atom stereocenters. The molecule has 1 rings (SSSR count). The first-order valence-electron chi connectivity index (χ1n) is 6.77. The number of nitrogens with zero attached hydrogens (tertiary/aromatic N) is 1. The minimum atomic E-state index is -1.31. The molecule has 1 heterocycles. The first-order chi connectivity index (χ1) is 8.79. The van der Waals surface area contributed by atoms with Gasteiger partial charge in [0.15, 0.2) is 6.29 Å². The Morgan fingerprint density at radius 1 is 1.16 bits per heavy atom. The van der Waals surface area contributed by atoms with Crippen LogP contribution in [0.4, 0.5) is 0 Å². The molecule has 6 nitrogen and oxygen atoms in total. The number of methoxy groups -OCH3 is 1. The summed E-state index contributed by atoms with van der Waals surface area (Å²) in [5, 5.41) is 29.5. The van der Waals surface area contributed by atoms with Crippen LogP contribution in [0.15, 0.2) is 0 Å². The zero-order valence-corrected chi connectivity index (χ0v) is 12.4. The summed E-state index contributed by atoms with van der Waals surface area (Å²) in [5.74, 6) is 0. The van der Waals surface area contributed by atoms with Crippen molar-refractivity contribution in [2.45, 2.75) is 70.5 Å².